The normalized spacial score (nSPS) is 21.0. The molecule has 9 heteroatoms. The van der Waals surface area contributed by atoms with Crippen molar-refractivity contribution in [1.29, 1.82) is 0 Å². The number of nitrogens with zero attached hydrogens (tertiary/aromatic N) is 6. The summed E-state index contributed by atoms with van der Waals surface area (Å²) in [5.41, 5.74) is 4.40. The van der Waals surface area contributed by atoms with Crippen LogP contribution < -0.4 is 5.32 Å². The lowest BCUT2D eigenvalue weighted by Crippen LogP contribution is -2.52. The summed E-state index contributed by atoms with van der Waals surface area (Å²) in [4.78, 5) is 26.4. The third kappa shape index (κ3) is 2.89. The summed E-state index contributed by atoms with van der Waals surface area (Å²) in [6.45, 7) is 2.02. The molecule has 1 aliphatic carbocycles. The smallest absolute Gasteiger partial charge is 0.228 e. The Balaban J connectivity index is 1.37. The Morgan fingerprint density at radius 2 is 2.13 bits per heavy atom. The number of hydrogen-bond acceptors (Lipinski definition) is 6. The molecule has 154 valence electrons. The molecule has 9 nitrogen and oxygen atoms in total. The van der Waals surface area contributed by atoms with Crippen LogP contribution >= 0.6 is 0 Å². The molecule has 0 saturated heterocycles. The highest BCUT2D eigenvalue weighted by Crippen LogP contribution is 2.43. The second kappa shape index (κ2) is 6.51. The molecule has 30 heavy (non-hydrogen) atoms. The first kappa shape index (κ1) is 18.5. The quantitative estimate of drug-likeness (QED) is 0.542. The fraction of sp³-hybridized carbons (Fsp3) is 0.381. The van der Waals surface area contributed by atoms with Crippen LogP contribution in [0.25, 0.3) is 33.2 Å². The van der Waals surface area contributed by atoms with Crippen LogP contribution in [-0.2, 0) is 11.8 Å². The molecule has 0 unspecified atom stereocenters. The minimum Gasteiger partial charge on any atom is -0.351 e. The molecule has 4 aromatic rings. The van der Waals surface area contributed by atoms with Crippen LogP contribution in [0.1, 0.15) is 19.8 Å². The minimum atomic E-state index is -0.301. The van der Waals surface area contributed by atoms with Crippen LogP contribution in [0.15, 0.2) is 30.6 Å². The van der Waals surface area contributed by atoms with E-state index in [4.69, 9.17) is 0 Å². The van der Waals surface area contributed by atoms with E-state index in [0.717, 1.165) is 46.0 Å². The van der Waals surface area contributed by atoms with Crippen molar-refractivity contribution in [2.75, 3.05) is 19.4 Å². The SMILES string of the molecule is CN(C)C(=O)[C@]1(C)C[C@@H](Nc2ncc3c(-c4ccc5nnn(C)c5c4)c[nH]c3n2)C1. The Morgan fingerprint density at radius 3 is 2.90 bits per heavy atom. The number of carbonyl (C=O) groups excluding carboxylic acids is 1. The average Bonchev–Trinajstić information content (AvgIpc) is 3.29. The molecule has 1 fully saturated rings. The molecule has 0 spiro atoms. The average molecular weight is 404 g/mol. The summed E-state index contributed by atoms with van der Waals surface area (Å²) in [6.07, 6.45) is 5.34. The summed E-state index contributed by atoms with van der Waals surface area (Å²) in [5, 5.41) is 12.5. The van der Waals surface area contributed by atoms with Gasteiger partial charge < -0.3 is 15.2 Å². The second-order valence-corrected chi connectivity index (χ2v) is 8.58. The molecule has 2 N–H and O–H groups in total. The van der Waals surface area contributed by atoms with Gasteiger partial charge in [0.05, 0.1) is 10.9 Å². The lowest BCUT2D eigenvalue weighted by molar-refractivity contribution is -0.143. The molecule has 0 atom stereocenters. The van der Waals surface area contributed by atoms with E-state index in [2.05, 4.69) is 36.6 Å². The Labute approximate surface area is 173 Å². The number of fused-ring (bicyclic) bond motifs is 2. The number of aromatic amines is 1. The molecule has 1 amide bonds. The van der Waals surface area contributed by atoms with E-state index in [-0.39, 0.29) is 17.4 Å². The molecular formula is C21H24N8O. The number of amides is 1. The van der Waals surface area contributed by atoms with Gasteiger partial charge in [0.2, 0.25) is 11.9 Å². The van der Waals surface area contributed by atoms with E-state index >= 15 is 0 Å². The first-order valence-electron chi connectivity index (χ1n) is 9.96. The summed E-state index contributed by atoms with van der Waals surface area (Å²) in [5.74, 6) is 0.748. The highest BCUT2D eigenvalue weighted by molar-refractivity contribution is 5.95. The van der Waals surface area contributed by atoms with Crippen molar-refractivity contribution in [3.63, 3.8) is 0 Å². The molecule has 1 aliphatic rings. The molecule has 0 bridgehead atoms. The number of carbonyl (C=O) groups is 1. The van der Waals surface area contributed by atoms with Gasteiger partial charge in [-0.25, -0.2) is 9.67 Å². The standard InChI is InChI=1S/C21H24N8O/c1-21(19(30)28(2)3)8-13(9-21)24-20-23-11-15-14(10-22-18(15)25-20)12-5-6-16-17(7-12)29(4)27-26-16/h5-7,10-11,13H,8-9H2,1-4H3,(H2,22,23,24,25)/t13-,21-. The first-order valence-corrected chi connectivity index (χ1v) is 9.96. The zero-order valence-corrected chi connectivity index (χ0v) is 17.5. The maximum Gasteiger partial charge on any atom is 0.228 e. The monoisotopic (exact) mass is 404 g/mol. The van der Waals surface area contributed by atoms with Crippen molar-refractivity contribution in [3.8, 4) is 11.1 Å². The minimum absolute atomic E-state index is 0.173. The summed E-state index contributed by atoms with van der Waals surface area (Å²) >= 11 is 0. The Kier molecular flexibility index (Phi) is 4.02. The Bertz CT molecular complexity index is 1260. The highest BCUT2D eigenvalue weighted by atomic mass is 16.2. The van der Waals surface area contributed by atoms with E-state index in [0.29, 0.717) is 5.95 Å². The molecule has 0 radical (unpaired) electrons. The van der Waals surface area contributed by atoms with Gasteiger partial charge in [0, 0.05) is 50.5 Å². The summed E-state index contributed by atoms with van der Waals surface area (Å²) in [7, 11) is 5.49. The van der Waals surface area contributed by atoms with Crippen molar-refractivity contribution in [2.45, 2.75) is 25.8 Å². The fourth-order valence-corrected chi connectivity index (χ4v) is 4.44. The predicted molar refractivity (Wildman–Crippen MR) is 115 cm³/mol. The van der Waals surface area contributed by atoms with Gasteiger partial charge in [-0.05, 0) is 30.5 Å². The summed E-state index contributed by atoms with van der Waals surface area (Å²) in [6, 6.07) is 6.27. The van der Waals surface area contributed by atoms with Gasteiger partial charge in [0.25, 0.3) is 0 Å². The van der Waals surface area contributed by atoms with Crippen molar-refractivity contribution in [1.82, 2.24) is 34.8 Å². The van der Waals surface area contributed by atoms with Crippen molar-refractivity contribution >= 4 is 33.9 Å². The molecular weight excluding hydrogens is 380 g/mol. The summed E-state index contributed by atoms with van der Waals surface area (Å²) < 4.78 is 1.76. The zero-order valence-electron chi connectivity index (χ0n) is 17.5. The number of aryl methyl sites for hydroxylation is 1. The van der Waals surface area contributed by atoms with Gasteiger partial charge in [-0.2, -0.15) is 4.98 Å². The number of benzene rings is 1. The number of nitrogens with one attached hydrogen (secondary N) is 2. The van der Waals surface area contributed by atoms with Crippen molar-refractivity contribution in [2.24, 2.45) is 12.5 Å². The third-order valence-electron chi connectivity index (χ3n) is 6.00. The third-order valence-corrected chi connectivity index (χ3v) is 6.00. The lowest BCUT2D eigenvalue weighted by Gasteiger charge is -2.45. The molecule has 5 rings (SSSR count). The van der Waals surface area contributed by atoms with E-state index in [1.165, 1.54) is 0 Å². The maximum atomic E-state index is 12.3. The molecule has 0 aliphatic heterocycles. The van der Waals surface area contributed by atoms with Crippen LogP contribution in [0.5, 0.6) is 0 Å². The molecule has 3 heterocycles. The van der Waals surface area contributed by atoms with Crippen LogP contribution in [-0.4, -0.2) is 60.9 Å². The van der Waals surface area contributed by atoms with E-state index in [1.807, 2.05) is 38.5 Å². The Morgan fingerprint density at radius 1 is 1.33 bits per heavy atom. The number of H-pyrrole nitrogens is 1. The first-order chi connectivity index (χ1) is 14.3. The van der Waals surface area contributed by atoms with Gasteiger partial charge in [-0.3, -0.25) is 4.79 Å². The van der Waals surface area contributed by atoms with Gasteiger partial charge in [0.15, 0.2) is 0 Å². The van der Waals surface area contributed by atoms with Crippen LogP contribution in [0, 0.1) is 5.41 Å². The van der Waals surface area contributed by atoms with E-state index in [1.54, 1.807) is 23.7 Å². The highest BCUT2D eigenvalue weighted by Gasteiger charge is 2.47. The predicted octanol–water partition coefficient (Wildman–Crippen LogP) is 2.58. The van der Waals surface area contributed by atoms with Crippen molar-refractivity contribution < 1.29 is 4.79 Å². The number of anilines is 1. The van der Waals surface area contributed by atoms with Crippen LogP contribution in [0.2, 0.25) is 0 Å². The van der Waals surface area contributed by atoms with Gasteiger partial charge in [0.1, 0.15) is 11.2 Å². The van der Waals surface area contributed by atoms with Crippen LogP contribution in [0.4, 0.5) is 5.95 Å². The largest absolute Gasteiger partial charge is 0.351 e. The number of rotatable bonds is 4. The molecule has 3 aromatic heterocycles. The number of hydrogen-bond donors (Lipinski definition) is 2. The Hall–Kier alpha value is -3.49. The number of aromatic nitrogens is 6. The fourth-order valence-electron chi connectivity index (χ4n) is 4.44. The zero-order chi connectivity index (χ0) is 21.0. The van der Waals surface area contributed by atoms with E-state index in [9.17, 15) is 4.79 Å². The van der Waals surface area contributed by atoms with Gasteiger partial charge in [-0.15, -0.1) is 5.10 Å². The van der Waals surface area contributed by atoms with Gasteiger partial charge >= 0.3 is 0 Å². The molecule has 1 aromatic carbocycles. The van der Waals surface area contributed by atoms with Crippen molar-refractivity contribution in [3.05, 3.63) is 30.6 Å². The van der Waals surface area contributed by atoms with E-state index < -0.39 is 0 Å². The maximum absolute atomic E-state index is 12.3. The second-order valence-electron chi connectivity index (χ2n) is 8.58. The van der Waals surface area contributed by atoms with Crippen LogP contribution in [0.3, 0.4) is 0 Å². The van der Waals surface area contributed by atoms with Gasteiger partial charge in [-0.1, -0.05) is 18.2 Å². The topological polar surface area (TPSA) is 105 Å². The lowest BCUT2D eigenvalue weighted by atomic mass is 9.66. The molecule has 1 saturated carbocycles.